The van der Waals surface area contributed by atoms with Crippen LogP contribution in [0.5, 0.6) is 11.5 Å². The van der Waals surface area contributed by atoms with E-state index in [0.717, 1.165) is 22.1 Å². The molecule has 0 fully saturated rings. The van der Waals surface area contributed by atoms with Crippen LogP contribution in [-0.2, 0) is 12.5 Å². The molecule has 0 aliphatic heterocycles. The molecule has 3 nitrogen and oxygen atoms in total. The molecule has 0 aliphatic carbocycles. The van der Waals surface area contributed by atoms with Crippen LogP contribution in [-0.4, -0.2) is 30.1 Å². The number of rotatable bonds is 8. The van der Waals surface area contributed by atoms with Gasteiger partial charge in [-0.2, -0.15) is 35.1 Å². The minimum Gasteiger partial charge on any atom is -0.457 e. The Bertz CT molecular complexity index is 1200. The van der Waals surface area contributed by atoms with Crippen molar-refractivity contribution in [3.63, 3.8) is 0 Å². The van der Waals surface area contributed by atoms with Crippen LogP contribution in [0.1, 0.15) is 22.3 Å². The third kappa shape index (κ3) is 7.12. The normalized spacial score (nSPS) is 13.4. The monoisotopic (exact) mass is 533 g/mol. The predicted octanol–water partition coefficient (Wildman–Crippen LogP) is 7.68. The summed E-state index contributed by atoms with van der Waals surface area (Å²) in [7, 11) is 0. The van der Waals surface area contributed by atoms with E-state index in [4.69, 9.17) is 4.74 Å². The van der Waals surface area contributed by atoms with Gasteiger partial charge in [0, 0.05) is 23.9 Å². The zero-order chi connectivity index (χ0) is 27.6. The van der Waals surface area contributed by atoms with Gasteiger partial charge in [-0.25, -0.2) is 0 Å². The predicted molar refractivity (Wildman–Crippen MR) is 122 cm³/mol. The van der Waals surface area contributed by atoms with E-state index in [1.165, 1.54) is 24.3 Å². The maximum atomic E-state index is 13.8. The zero-order valence-corrected chi connectivity index (χ0v) is 19.7. The summed E-state index contributed by atoms with van der Waals surface area (Å²) in [5.41, 5.74) is 0.489. The van der Waals surface area contributed by atoms with Crippen LogP contribution in [0.2, 0.25) is 0 Å². The lowest BCUT2D eigenvalue weighted by Crippen LogP contribution is -2.41. The highest BCUT2D eigenvalue weighted by Gasteiger charge is 2.58. The second-order valence-electron chi connectivity index (χ2n) is 8.63. The molecule has 1 N–H and O–H groups in total. The SMILES string of the molecule is Cc1cc(C)cc(Oc2cccc(N(Cc3cccc(C(F)(F)C(F)(F)F)c3)C[C@@H](O)C(F)(F)F)c2)c1. The molecule has 37 heavy (non-hydrogen) atoms. The summed E-state index contributed by atoms with van der Waals surface area (Å²) in [4.78, 5) is 1.03. The molecule has 3 aromatic rings. The third-order valence-electron chi connectivity index (χ3n) is 5.40. The van der Waals surface area contributed by atoms with Crippen molar-refractivity contribution in [1.82, 2.24) is 0 Å². The van der Waals surface area contributed by atoms with Crippen molar-refractivity contribution < 1.29 is 45.0 Å². The minimum atomic E-state index is -5.85. The Morgan fingerprint density at radius 3 is 2.00 bits per heavy atom. The number of aliphatic hydroxyl groups is 1. The molecule has 3 aromatic carbocycles. The number of benzene rings is 3. The quantitative estimate of drug-likeness (QED) is 0.302. The molecule has 0 saturated heterocycles. The van der Waals surface area contributed by atoms with Crippen molar-refractivity contribution in [2.75, 3.05) is 11.4 Å². The van der Waals surface area contributed by atoms with E-state index in [2.05, 4.69) is 0 Å². The standard InChI is InChI=1S/C26H23F8NO2/c1-16-9-17(2)11-22(10-16)37-21-8-4-7-20(13-21)35(15-23(36)25(29,30)31)14-18-5-3-6-19(12-18)24(27,28)26(32,33)34/h3-13,23,36H,14-15H2,1-2H3/t23-/m1/s1. The first-order valence-corrected chi connectivity index (χ1v) is 11.0. The molecular formula is C26H23F8NO2. The molecule has 0 radical (unpaired) electrons. The van der Waals surface area contributed by atoms with Crippen molar-refractivity contribution in [3.05, 3.63) is 89.0 Å². The summed E-state index contributed by atoms with van der Waals surface area (Å²) in [5, 5.41) is 9.68. The molecule has 0 spiro atoms. The van der Waals surface area contributed by atoms with E-state index in [1.807, 2.05) is 19.9 Å². The number of hydrogen-bond acceptors (Lipinski definition) is 3. The molecule has 0 amide bonds. The first kappa shape index (κ1) is 28.2. The summed E-state index contributed by atoms with van der Waals surface area (Å²) in [6.45, 7) is 2.21. The molecular weight excluding hydrogens is 510 g/mol. The second kappa shape index (κ2) is 10.6. The fourth-order valence-corrected chi connectivity index (χ4v) is 3.69. The van der Waals surface area contributed by atoms with Crippen molar-refractivity contribution >= 4 is 5.69 Å². The number of hydrogen-bond donors (Lipinski definition) is 1. The third-order valence-corrected chi connectivity index (χ3v) is 5.40. The van der Waals surface area contributed by atoms with Gasteiger partial charge >= 0.3 is 18.3 Å². The summed E-state index contributed by atoms with van der Waals surface area (Å²) in [5.74, 6) is -4.44. The van der Waals surface area contributed by atoms with Crippen LogP contribution in [0.25, 0.3) is 0 Å². The van der Waals surface area contributed by atoms with E-state index < -0.39 is 43.0 Å². The first-order valence-electron chi connectivity index (χ1n) is 11.0. The maximum Gasteiger partial charge on any atom is 0.458 e. The molecule has 1 atom stereocenters. The van der Waals surface area contributed by atoms with E-state index in [0.29, 0.717) is 17.9 Å². The van der Waals surface area contributed by atoms with Crippen molar-refractivity contribution in [3.8, 4) is 11.5 Å². The molecule has 0 bridgehead atoms. The van der Waals surface area contributed by atoms with Crippen LogP contribution < -0.4 is 9.64 Å². The summed E-state index contributed by atoms with van der Waals surface area (Å²) in [6.07, 6.45) is -13.6. The minimum absolute atomic E-state index is 0.114. The highest BCUT2D eigenvalue weighted by atomic mass is 19.4. The Hall–Kier alpha value is -3.34. The molecule has 3 rings (SSSR count). The lowest BCUT2D eigenvalue weighted by atomic mass is 10.0. The van der Waals surface area contributed by atoms with Gasteiger partial charge in [0.2, 0.25) is 0 Å². The molecule has 200 valence electrons. The Balaban J connectivity index is 1.95. The van der Waals surface area contributed by atoms with Crippen LogP contribution >= 0.6 is 0 Å². The van der Waals surface area contributed by atoms with Gasteiger partial charge < -0.3 is 14.7 Å². The highest BCUT2D eigenvalue weighted by molar-refractivity contribution is 5.52. The van der Waals surface area contributed by atoms with Crippen LogP contribution in [0.15, 0.2) is 66.7 Å². The van der Waals surface area contributed by atoms with Crippen molar-refractivity contribution in [2.45, 2.75) is 44.8 Å². The topological polar surface area (TPSA) is 32.7 Å². The number of nitrogens with zero attached hydrogens (tertiary/aromatic N) is 1. The smallest absolute Gasteiger partial charge is 0.457 e. The second-order valence-corrected chi connectivity index (χ2v) is 8.63. The lowest BCUT2D eigenvalue weighted by Gasteiger charge is -2.29. The maximum absolute atomic E-state index is 13.8. The molecule has 0 unspecified atom stereocenters. The Labute approximate surface area is 207 Å². The number of anilines is 1. The molecule has 0 heterocycles. The van der Waals surface area contributed by atoms with E-state index in [1.54, 1.807) is 18.2 Å². The van der Waals surface area contributed by atoms with Gasteiger partial charge in [-0.1, -0.05) is 30.3 Å². The van der Waals surface area contributed by atoms with Gasteiger partial charge in [-0.3, -0.25) is 0 Å². The fraction of sp³-hybridized carbons (Fsp3) is 0.308. The van der Waals surface area contributed by atoms with Gasteiger partial charge in [-0.05, 0) is 60.9 Å². The van der Waals surface area contributed by atoms with Crippen molar-refractivity contribution in [1.29, 1.82) is 0 Å². The summed E-state index contributed by atoms with van der Waals surface area (Å²) < 4.78 is 111. The van der Waals surface area contributed by atoms with Gasteiger partial charge in [0.25, 0.3) is 0 Å². The number of aryl methyl sites for hydroxylation is 2. The molecule has 11 heteroatoms. The Morgan fingerprint density at radius 1 is 0.784 bits per heavy atom. The average molecular weight is 533 g/mol. The van der Waals surface area contributed by atoms with Crippen LogP contribution in [0.4, 0.5) is 40.8 Å². The Kier molecular flexibility index (Phi) is 8.06. The highest BCUT2D eigenvalue weighted by Crippen LogP contribution is 2.44. The van der Waals surface area contributed by atoms with E-state index >= 15 is 0 Å². The molecule has 0 aromatic heterocycles. The van der Waals surface area contributed by atoms with Crippen LogP contribution in [0, 0.1) is 13.8 Å². The van der Waals surface area contributed by atoms with E-state index in [-0.39, 0.29) is 17.0 Å². The van der Waals surface area contributed by atoms with Crippen molar-refractivity contribution in [2.24, 2.45) is 0 Å². The zero-order valence-electron chi connectivity index (χ0n) is 19.7. The summed E-state index contributed by atoms with van der Waals surface area (Å²) >= 11 is 0. The first-order chi connectivity index (χ1) is 17.1. The number of aliphatic hydroxyl groups excluding tert-OH is 1. The van der Waals surface area contributed by atoms with Gasteiger partial charge in [-0.15, -0.1) is 0 Å². The molecule has 0 saturated carbocycles. The van der Waals surface area contributed by atoms with Crippen LogP contribution in [0.3, 0.4) is 0 Å². The fourth-order valence-electron chi connectivity index (χ4n) is 3.69. The van der Waals surface area contributed by atoms with Gasteiger partial charge in [0.15, 0.2) is 6.10 Å². The lowest BCUT2D eigenvalue weighted by molar-refractivity contribution is -0.289. The van der Waals surface area contributed by atoms with Gasteiger partial charge in [0.05, 0.1) is 6.54 Å². The average Bonchev–Trinajstić information content (AvgIpc) is 2.77. The number of alkyl halides is 8. The Morgan fingerprint density at radius 2 is 1.41 bits per heavy atom. The van der Waals surface area contributed by atoms with E-state index in [9.17, 15) is 40.2 Å². The largest absolute Gasteiger partial charge is 0.458 e. The number of halogens is 8. The summed E-state index contributed by atoms with van der Waals surface area (Å²) in [6, 6.07) is 14.6. The molecule has 0 aliphatic rings. The number of ether oxygens (including phenoxy) is 1. The van der Waals surface area contributed by atoms with Gasteiger partial charge in [0.1, 0.15) is 11.5 Å².